The van der Waals surface area contributed by atoms with Gasteiger partial charge >= 0.3 is 0 Å². The molecule has 0 aliphatic carbocycles. The molecule has 0 saturated carbocycles. The zero-order valence-corrected chi connectivity index (χ0v) is 11.2. The first-order valence-corrected chi connectivity index (χ1v) is 6.36. The molecule has 4 nitrogen and oxygen atoms in total. The van der Waals surface area contributed by atoms with E-state index in [9.17, 15) is 0 Å². The van der Waals surface area contributed by atoms with E-state index in [1.165, 1.54) is 11.8 Å². The van der Waals surface area contributed by atoms with Crippen LogP contribution in [0, 0.1) is 6.92 Å². The Balaban J connectivity index is 2.27. The molecule has 90 valence electrons. The van der Waals surface area contributed by atoms with E-state index in [-0.39, 0.29) is 0 Å². The third-order valence-corrected chi connectivity index (χ3v) is 3.69. The van der Waals surface area contributed by atoms with Gasteiger partial charge in [0.1, 0.15) is 5.76 Å². The van der Waals surface area contributed by atoms with Gasteiger partial charge in [-0.25, -0.2) is 0 Å². The van der Waals surface area contributed by atoms with Crippen molar-refractivity contribution in [3.05, 3.63) is 29.7 Å². The third-order valence-electron chi connectivity index (χ3n) is 2.29. The number of hydrogen-bond donors (Lipinski definition) is 0. The first-order chi connectivity index (χ1) is 8.09. The van der Waals surface area contributed by atoms with E-state index in [0.717, 1.165) is 22.3 Å². The number of rotatable bonds is 4. The molecular weight excluding hydrogens is 258 g/mol. The number of hydrogen-bond acceptors (Lipinski definition) is 4. The Hall–Kier alpha value is -1.20. The minimum atomic E-state index is 0.596. The van der Waals surface area contributed by atoms with Crippen LogP contribution in [0.2, 0.25) is 0 Å². The van der Waals surface area contributed by atoms with E-state index in [1.54, 1.807) is 6.26 Å². The van der Waals surface area contributed by atoms with E-state index >= 15 is 0 Å². The second kappa shape index (κ2) is 4.98. The van der Waals surface area contributed by atoms with E-state index in [0.29, 0.717) is 10.8 Å². The van der Waals surface area contributed by atoms with Crippen LogP contribution in [0.15, 0.2) is 33.5 Å². The molecule has 0 amide bonds. The van der Waals surface area contributed by atoms with E-state index < -0.39 is 0 Å². The van der Waals surface area contributed by atoms with Crippen molar-refractivity contribution >= 4 is 23.4 Å². The van der Waals surface area contributed by atoms with Crippen molar-refractivity contribution in [3.63, 3.8) is 0 Å². The predicted octanol–water partition coefficient (Wildman–Crippen LogP) is 3.23. The van der Waals surface area contributed by atoms with Crippen LogP contribution in [0.25, 0.3) is 11.4 Å². The normalized spacial score (nSPS) is 10.8. The van der Waals surface area contributed by atoms with Gasteiger partial charge in [0.05, 0.1) is 11.8 Å². The molecule has 0 N–H and O–H groups in total. The van der Waals surface area contributed by atoms with Gasteiger partial charge in [-0.1, -0.05) is 29.9 Å². The SMILES string of the molecule is C=C(Cl)CSc1nnc(-c2ccoc2C)n1C. The maximum atomic E-state index is 5.72. The summed E-state index contributed by atoms with van der Waals surface area (Å²) in [5.74, 6) is 2.25. The van der Waals surface area contributed by atoms with Gasteiger partial charge in [-0.05, 0) is 13.0 Å². The molecule has 2 aromatic rings. The van der Waals surface area contributed by atoms with Crippen molar-refractivity contribution in [2.45, 2.75) is 12.1 Å². The van der Waals surface area contributed by atoms with Gasteiger partial charge in [0.25, 0.3) is 0 Å². The molecule has 0 radical (unpaired) electrons. The highest BCUT2D eigenvalue weighted by molar-refractivity contribution is 7.99. The Labute approximate surface area is 109 Å². The van der Waals surface area contributed by atoms with Crippen LogP contribution in [-0.2, 0) is 7.05 Å². The molecule has 0 bridgehead atoms. The van der Waals surface area contributed by atoms with Gasteiger partial charge in [0, 0.05) is 17.8 Å². The van der Waals surface area contributed by atoms with Crippen LogP contribution in [-0.4, -0.2) is 20.5 Å². The maximum Gasteiger partial charge on any atom is 0.191 e. The van der Waals surface area contributed by atoms with Crippen LogP contribution in [0.5, 0.6) is 0 Å². The van der Waals surface area contributed by atoms with E-state index in [1.807, 2.05) is 24.6 Å². The Morgan fingerprint density at radius 3 is 2.94 bits per heavy atom. The minimum absolute atomic E-state index is 0.596. The van der Waals surface area contributed by atoms with Gasteiger partial charge < -0.3 is 8.98 Å². The van der Waals surface area contributed by atoms with E-state index in [2.05, 4.69) is 16.8 Å². The predicted molar refractivity (Wildman–Crippen MR) is 69.2 cm³/mol. The molecule has 0 spiro atoms. The topological polar surface area (TPSA) is 43.9 Å². The smallest absolute Gasteiger partial charge is 0.191 e. The third kappa shape index (κ3) is 2.56. The van der Waals surface area contributed by atoms with Gasteiger partial charge in [-0.3, -0.25) is 0 Å². The molecule has 0 unspecified atom stereocenters. The molecule has 6 heteroatoms. The number of nitrogens with zero attached hydrogens (tertiary/aromatic N) is 3. The van der Waals surface area contributed by atoms with Crippen molar-refractivity contribution in [2.75, 3.05) is 5.75 Å². The summed E-state index contributed by atoms with van der Waals surface area (Å²) in [6.07, 6.45) is 1.65. The van der Waals surface area contributed by atoms with Crippen molar-refractivity contribution in [1.82, 2.24) is 14.8 Å². The monoisotopic (exact) mass is 269 g/mol. The van der Waals surface area contributed by atoms with Crippen molar-refractivity contribution in [1.29, 1.82) is 0 Å². The summed E-state index contributed by atoms with van der Waals surface area (Å²) < 4.78 is 7.18. The van der Waals surface area contributed by atoms with Gasteiger partial charge in [0.15, 0.2) is 11.0 Å². The van der Waals surface area contributed by atoms with Crippen LogP contribution in [0.1, 0.15) is 5.76 Å². The standard InChI is InChI=1S/C11H12ClN3OS/c1-7(12)6-17-11-14-13-10(15(11)3)9-4-5-16-8(9)2/h4-5H,1,6H2,2-3H3. The molecule has 2 aromatic heterocycles. The molecule has 0 aliphatic heterocycles. The van der Waals surface area contributed by atoms with Gasteiger partial charge in [0.2, 0.25) is 0 Å². The summed E-state index contributed by atoms with van der Waals surface area (Å²) in [6, 6.07) is 1.88. The average Bonchev–Trinajstić information content (AvgIpc) is 2.82. The van der Waals surface area contributed by atoms with E-state index in [4.69, 9.17) is 16.0 Å². The van der Waals surface area contributed by atoms with Crippen molar-refractivity contribution < 1.29 is 4.42 Å². The van der Waals surface area contributed by atoms with Crippen LogP contribution >= 0.6 is 23.4 Å². The molecule has 0 aromatic carbocycles. The fourth-order valence-electron chi connectivity index (χ4n) is 1.43. The first kappa shape index (κ1) is 12.3. The molecule has 0 fully saturated rings. The second-order valence-corrected chi connectivity index (χ2v) is 5.04. The number of halogens is 1. The Morgan fingerprint density at radius 1 is 1.59 bits per heavy atom. The highest BCUT2D eigenvalue weighted by Crippen LogP contribution is 2.26. The summed E-state index contributed by atoms with van der Waals surface area (Å²) in [7, 11) is 1.92. The molecule has 0 atom stereocenters. The summed E-state index contributed by atoms with van der Waals surface area (Å²) >= 11 is 7.23. The van der Waals surface area contributed by atoms with Crippen LogP contribution in [0.3, 0.4) is 0 Å². The largest absolute Gasteiger partial charge is 0.469 e. The fraction of sp³-hybridized carbons (Fsp3) is 0.273. The summed E-state index contributed by atoms with van der Waals surface area (Å²) in [6.45, 7) is 5.54. The molecular formula is C11H12ClN3OS. The Morgan fingerprint density at radius 2 is 2.35 bits per heavy atom. The molecule has 2 heterocycles. The van der Waals surface area contributed by atoms with Crippen molar-refractivity contribution in [2.24, 2.45) is 7.05 Å². The lowest BCUT2D eigenvalue weighted by Crippen LogP contribution is -1.95. The number of aromatic nitrogens is 3. The molecule has 0 saturated heterocycles. The highest BCUT2D eigenvalue weighted by atomic mass is 35.5. The summed E-state index contributed by atoms with van der Waals surface area (Å²) in [4.78, 5) is 0. The summed E-state index contributed by atoms with van der Waals surface area (Å²) in [5, 5.41) is 9.68. The molecule has 2 rings (SSSR count). The van der Waals surface area contributed by atoms with Crippen molar-refractivity contribution in [3.8, 4) is 11.4 Å². The number of aryl methyl sites for hydroxylation is 1. The molecule has 17 heavy (non-hydrogen) atoms. The molecule has 0 aliphatic rings. The highest BCUT2D eigenvalue weighted by Gasteiger charge is 2.14. The van der Waals surface area contributed by atoms with Crippen LogP contribution in [0.4, 0.5) is 0 Å². The maximum absolute atomic E-state index is 5.72. The van der Waals surface area contributed by atoms with Gasteiger partial charge in [-0.15, -0.1) is 10.2 Å². The number of thioether (sulfide) groups is 1. The second-order valence-electron chi connectivity index (χ2n) is 3.56. The first-order valence-electron chi connectivity index (χ1n) is 4.99. The Kier molecular flexibility index (Phi) is 3.59. The van der Waals surface area contributed by atoms with Crippen LogP contribution < -0.4 is 0 Å². The van der Waals surface area contributed by atoms with Gasteiger partial charge in [-0.2, -0.15) is 0 Å². The minimum Gasteiger partial charge on any atom is -0.469 e. The lowest BCUT2D eigenvalue weighted by atomic mass is 10.2. The quantitative estimate of drug-likeness (QED) is 0.800. The fourth-order valence-corrected chi connectivity index (χ4v) is 2.26. The zero-order chi connectivity index (χ0) is 12.4. The average molecular weight is 270 g/mol. The Bertz CT molecular complexity index is 547. The summed E-state index contributed by atoms with van der Waals surface area (Å²) in [5.41, 5.74) is 0.955. The zero-order valence-electron chi connectivity index (χ0n) is 9.61. The number of furan rings is 1. The lowest BCUT2D eigenvalue weighted by Gasteiger charge is -2.02. The lowest BCUT2D eigenvalue weighted by molar-refractivity contribution is 0.534.